The van der Waals surface area contributed by atoms with E-state index in [1.807, 2.05) is 6.92 Å². The lowest BCUT2D eigenvalue weighted by molar-refractivity contribution is -0.124. The molecule has 3 N–H and O–H groups in total. The van der Waals surface area contributed by atoms with Gasteiger partial charge in [-0.05, 0) is 52.0 Å². The fraction of sp³-hybridized carbons (Fsp3) is 0.933. The highest BCUT2D eigenvalue weighted by Crippen LogP contribution is 2.14. The van der Waals surface area contributed by atoms with E-state index in [0.29, 0.717) is 12.5 Å². The Kier molecular flexibility index (Phi) is 9.02. The molecule has 0 rings (SSSR count). The summed E-state index contributed by atoms with van der Waals surface area (Å²) in [6.45, 7) is 11.9. The van der Waals surface area contributed by atoms with Gasteiger partial charge >= 0.3 is 0 Å². The first-order valence-corrected chi connectivity index (χ1v) is 7.48. The zero-order valence-corrected chi connectivity index (χ0v) is 13.3. The van der Waals surface area contributed by atoms with Crippen molar-refractivity contribution in [1.82, 2.24) is 5.32 Å². The van der Waals surface area contributed by atoms with Crippen LogP contribution in [0.5, 0.6) is 0 Å². The van der Waals surface area contributed by atoms with Gasteiger partial charge in [-0.3, -0.25) is 4.79 Å². The van der Waals surface area contributed by atoms with Crippen LogP contribution in [0.25, 0.3) is 0 Å². The molecule has 0 fully saturated rings. The Bertz CT molecular complexity index is 257. The van der Waals surface area contributed by atoms with Crippen LogP contribution in [0.2, 0.25) is 0 Å². The van der Waals surface area contributed by atoms with Gasteiger partial charge in [-0.1, -0.05) is 20.8 Å². The van der Waals surface area contributed by atoms with Crippen LogP contribution in [0, 0.1) is 5.92 Å². The van der Waals surface area contributed by atoms with Crippen molar-refractivity contribution < 1.29 is 9.53 Å². The van der Waals surface area contributed by atoms with Crippen LogP contribution < -0.4 is 11.1 Å². The maximum absolute atomic E-state index is 11.5. The Morgan fingerprint density at radius 2 is 2.00 bits per heavy atom. The average Bonchev–Trinajstić information content (AvgIpc) is 2.31. The Balaban J connectivity index is 3.97. The smallest absolute Gasteiger partial charge is 0.237 e. The number of ether oxygens (including phenoxy) is 1. The van der Waals surface area contributed by atoms with Crippen molar-refractivity contribution in [2.75, 3.05) is 13.2 Å². The molecule has 0 aliphatic rings. The minimum atomic E-state index is -0.610. The summed E-state index contributed by atoms with van der Waals surface area (Å²) < 4.78 is 5.75. The Hall–Kier alpha value is -0.610. The van der Waals surface area contributed by atoms with Crippen LogP contribution in [0.3, 0.4) is 0 Å². The number of primary amides is 1. The molecule has 2 unspecified atom stereocenters. The number of carbonyl (C=O) groups excluding carboxylic acids is 1. The quantitative estimate of drug-likeness (QED) is 0.568. The molecule has 0 saturated carbocycles. The highest BCUT2D eigenvalue weighted by Gasteiger charge is 2.29. The zero-order valence-electron chi connectivity index (χ0n) is 13.3. The molecule has 0 aliphatic carbocycles. The first-order chi connectivity index (χ1) is 8.81. The van der Waals surface area contributed by atoms with Crippen LogP contribution in [-0.2, 0) is 9.53 Å². The van der Waals surface area contributed by atoms with E-state index in [1.165, 1.54) is 0 Å². The number of nitrogens with two attached hydrogens (primary N) is 1. The number of nitrogens with one attached hydrogen (secondary N) is 1. The molecule has 0 heterocycles. The van der Waals surface area contributed by atoms with Crippen molar-refractivity contribution in [1.29, 1.82) is 0 Å². The molecule has 0 aliphatic heterocycles. The second-order valence-corrected chi connectivity index (χ2v) is 6.04. The van der Waals surface area contributed by atoms with Crippen molar-refractivity contribution in [3.8, 4) is 0 Å². The average molecular weight is 272 g/mol. The number of amides is 1. The summed E-state index contributed by atoms with van der Waals surface area (Å²) in [6, 6.07) is 0. The fourth-order valence-corrected chi connectivity index (χ4v) is 2.14. The molecule has 0 bridgehead atoms. The predicted octanol–water partition coefficient (Wildman–Crippen LogP) is 2.46. The van der Waals surface area contributed by atoms with Gasteiger partial charge in [0, 0.05) is 6.61 Å². The number of carbonyl (C=O) groups is 1. The highest BCUT2D eigenvalue weighted by molar-refractivity contribution is 5.84. The molecular formula is C15H32N2O2. The van der Waals surface area contributed by atoms with Gasteiger partial charge < -0.3 is 15.8 Å². The van der Waals surface area contributed by atoms with Gasteiger partial charge in [0.25, 0.3) is 0 Å². The van der Waals surface area contributed by atoms with E-state index in [0.717, 1.165) is 32.2 Å². The molecule has 0 radical (unpaired) electrons. The monoisotopic (exact) mass is 272 g/mol. The van der Waals surface area contributed by atoms with Gasteiger partial charge in [-0.15, -0.1) is 0 Å². The van der Waals surface area contributed by atoms with Crippen molar-refractivity contribution in [2.24, 2.45) is 11.7 Å². The van der Waals surface area contributed by atoms with E-state index in [-0.39, 0.29) is 12.0 Å². The SMILES string of the molecule is CCCNC(C)(CCCOC(C)CC(C)C)C(N)=O. The van der Waals surface area contributed by atoms with E-state index in [4.69, 9.17) is 10.5 Å². The van der Waals surface area contributed by atoms with E-state index >= 15 is 0 Å². The molecule has 0 aromatic rings. The second kappa shape index (κ2) is 9.32. The molecule has 2 atom stereocenters. The standard InChI is InChI=1S/C15H32N2O2/c1-6-9-17-15(5,14(16)18)8-7-10-19-13(4)11-12(2)3/h12-13,17H,6-11H2,1-5H3,(H2,16,18). The van der Waals surface area contributed by atoms with E-state index < -0.39 is 5.54 Å². The first-order valence-electron chi connectivity index (χ1n) is 7.48. The van der Waals surface area contributed by atoms with Crippen LogP contribution in [0.15, 0.2) is 0 Å². The molecule has 114 valence electrons. The van der Waals surface area contributed by atoms with Gasteiger partial charge in [-0.2, -0.15) is 0 Å². The molecule has 0 saturated heterocycles. The van der Waals surface area contributed by atoms with E-state index in [1.54, 1.807) is 0 Å². The molecule has 1 amide bonds. The number of rotatable bonds is 11. The van der Waals surface area contributed by atoms with Crippen LogP contribution in [-0.4, -0.2) is 30.7 Å². The normalized spacial score (nSPS) is 16.3. The molecule has 0 spiro atoms. The van der Waals surface area contributed by atoms with Gasteiger partial charge in [0.15, 0.2) is 0 Å². The summed E-state index contributed by atoms with van der Waals surface area (Å²) in [7, 11) is 0. The maximum atomic E-state index is 11.5. The number of hydrogen-bond donors (Lipinski definition) is 2. The van der Waals surface area contributed by atoms with Gasteiger partial charge in [0.05, 0.1) is 11.6 Å². The maximum Gasteiger partial charge on any atom is 0.237 e. The van der Waals surface area contributed by atoms with Crippen molar-refractivity contribution in [2.45, 2.75) is 71.9 Å². The lowest BCUT2D eigenvalue weighted by atomic mass is 9.95. The fourth-order valence-electron chi connectivity index (χ4n) is 2.14. The lowest BCUT2D eigenvalue weighted by Gasteiger charge is -2.27. The summed E-state index contributed by atoms with van der Waals surface area (Å²) in [5.74, 6) is 0.369. The molecule has 0 aromatic heterocycles. The van der Waals surface area contributed by atoms with Crippen molar-refractivity contribution in [3.63, 3.8) is 0 Å². The minimum absolute atomic E-state index is 0.281. The second-order valence-electron chi connectivity index (χ2n) is 6.04. The summed E-state index contributed by atoms with van der Waals surface area (Å²) >= 11 is 0. The van der Waals surface area contributed by atoms with E-state index in [9.17, 15) is 4.79 Å². The Morgan fingerprint density at radius 3 is 2.47 bits per heavy atom. The third kappa shape index (κ3) is 8.22. The minimum Gasteiger partial charge on any atom is -0.378 e. The molecule has 4 nitrogen and oxygen atoms in total. The van der Waals surface area contributed by atoms with Gasteiger partial charge in [0.2, 0.25) is 5.91 Å². The van der Waals surface area contributed by atoms with Gasteiger partial charge in [-0.25, -0.2) is 0 Å². The Labute approximate surface area is 118 Å². The molecule has 4 heteroatoms. The Morgan fingerprint density at radius 1 is 1.37 bits per heavy atom. The zero-order chi connectivity index (χ0) is 14.9. The largest absolute Gasteiger partial charge is 0.378 e. The highest BCUT2D eigenvalue weighted by atomic mass is 16.5. The molecule has 19 heavy (non-hydrogen) atoms. The lowest BCUT2D eigenvalue weighted by Crippen LogP contribution is -2.53. The van der Waals surface area contributed by atoms with Gasteiger partial charge in [0.1, 0.15) is 0 Å². The summed E-state index contributed by atoms with van der Waals surface area (Å²) in [6.07, 6.45) is 3.91. The number of hydrogen-bond acceptors (Lipinski definition) is 3. The van der Waals surface area contributed by atoms with Crippen molar-refractivity contribution >= 4 is 5.91 Å². The molecular weight excluding hydrogens is 240 g/mol. The third-order valence-electron chi connectivity index (χ3n) is 3.34. The summed E-state index contributed by atoms with van der Waals surface area (Å²) in [5, 5.41) is 3.24. The summed E-state index contributed by atoms with van der Waals surface area (Å²) in [4.78, 5) is 11.5. The van der Waals surface area contributed by atoms with Crippen LogP contribution in [0.4, 0.5) is 0 Å². The van der Waals surface area contributed by atoms with Crippen LogP contribution >= 0.6 is 0 Å². The topological polar surface area (TPSA) is 64.3 Å². The third-order valence-corrected chi connectivity index (χ3v) is 3.34. The predicted molar refractivity (Wildman–Crippen MR) is 80.0 cm³/mol. The van der Waals surface area contributed by atoms with Crippen molar-refractivity contribution in [3.05, 3.63) is 0 Å². The summed E-state index contributed by atoms with van der Waals surface area (Å²) in [5.41, 5.74) is 4.87. The van der Waals surface area contributed by atoms with Crippen LogP contribution in [0.1, 0.15) is 60.3 Å². The first kappa shape index (κ1) is 18.4. The molecule has 0 aromatic carbocycles. The van der Waals surface area contributed by atoms with E-state index in [2.05, 4.69) is 33.0 Å².